The predicted molar refractivity (Wildman–Crippen MR) is 73.5 cm³/mol. The maximum atomic E-state index is 11.6. The molecule has 0 aromatic carbocycles. The molecule has 1 amide bonds. The van der Waals surface area contributed by atoms with E-state index in [-0.39, 0.29) is 5.54 Å². The minimum Gasteiger partial charge on any atom is -0.448 e. The smallest absolute Gasteiger partial charge is 0.429 e. The molecule has 0 atom stereocenters. The molecule has 0 aromatic rings. The zero-order chi connectivity index (χ0) is 13.3. The van der Waals surface area contributed by atoms with Gasteiger partial charge in [-0.15, -0.1) is 13.2 Å². The molecule has 0 aromatic heterocycles. The molecule has 0 bridgehead atoms. The first-order valence-corrected chi connectivity index (χ1v) is 6.84. The number of hydrogen-bond donors (Lipinski definition) is 0. The van der Waals surface area contributed by atoms with Crippen LogP contribution < -0.4 is 5.32 Å². The van der Waals surface area contributed by atoms with Crippen molar-refractivity contribution in [2.24, 2.45) is 0 Å². The lowest BCUT2D eigenvalue weighted by Gasteiger charge is -2.40. The van der Waals surface area contributed by atoms with Crippen molar-refractivity contribution in [2.75, 3.05) is 6.61 Å². The van der Waals surface area contributed by atoms with Crippen LogP contribution in [0.2, 0.25) is 0 Å². The molecule has 0 heterocycles. The zero-order valence-corrected chi connectivity index (χ0v) is 11.2. The average molecular weight is 250 g/mol. The molecule has 1 aliphatic carbocycles. The lowest BCUT2D eigenvalue weighted by Crippen LogP contribution is -2.48. The van der Waals surface area contributed by atoms with Gasteiger partial charge in [0, 0.05) is 0 Å². The van der Waals surface area contributed by atoms with Gasteiger partial charge in [0.25, 0.3) is 0 Å². The van der Waals surface area contributed by atoms with Gasteiger partial charge in [0.15, 0.2) is 0 Å². The van der Waals surface area contributed by atoms with E-state index in [4.69, 9.17) is 4.74 Å². The molecular weight excluding hydrogens is 226 g/mol. The third-order valence-corrected chi connectivity index (χ3v) is 3.44. The number of nitrogens with zero attached hydrogens (tertiary/aromatic N) is 1. The zero-order valence-electron chi connectivity index (χ0n) is 11.2. The number of amides is 1. The first kappa shape index (κ1) is 14.8. The van der Waals surface area contributed by atoms with Crippen LogP contribution in [0.15, 0.2) is 25.3 Å². The molecule has 0 spiro atoms. The van der Waals surface area contributed by atoms with E-state index in [1.807, 2.05) is 12.2 Å². The molecular formula is C15H24NO2. The maximum Gasteiger partial charge on any atom is 0.429 e. The van der Waals surface area contributed by atoms with Crippen LogP contribution in [0.1, 0.15) is 51.4 Å². The van der Waals surface area contributed by atoms with Gasteiger partial charge in [-0.2, -0.15) is 0 Å². The van der Waals surface area contributed by atoms with Gasteiger partial charge >= 0.3 is 6.09 Å². The number of carbonyl (C=O) groups is 1. The highest BCUT2D eigenvalue weighted by atomic mass is 16.5. The second-order valence-corrected chi connectivity index (χ2v) is 4.92. The Morgan fingerprint density at radius 2 is 1.89 bits per heavy atom. The second kappa shape index (κ2) is 7.96. The molecule has 1 rings (SSSR count). The van der Waals surface area contributed by atoms with E-state index in [9.17, 15) is 4.79 Å². The number of unbranched alkanes of at least 4 members (excludes halogenated alkanes) is 2. The highest BCUT2D eigenvalue weighted by Gasteiger charge is 2.40. The van der Waals surface area contributed by atoms with Crippen molar-refractivity contribution >= 4 is 6.09 Å². The molecule has 1 radical (unpaired) electrons. The summed E-state index contributed by atoms with van der Waals surface area (Å²) < 4.78 is 5.11. The summed E-state index contributed by atoms with van der Waals surface area (Å²) in [6.45, 7) is 7.78. The van der Waals surface area contributed by atoms with Crippen LogP contribution in [0, 0.1) is 0 Å². The number of ether oxygens (including phenoxy) is 1. The Morgan fingerprint density at radius 1 is 1.22 bits per heavy atom. The third-order valence-electron chi connectivity index (χ3n) is 3.44. The minimum absolute atomic E-state index is 0.126. The average Bonchev–Trinajstić information content (AvgIpc) is 2.32. The summed E-state index contributed by atoms with van der Waals surface area (Å²) in [4.78, 5) is 11.6. The van der Waals surface area contributed by atoms with Gasteiger partial charge < -0.3 is 4.74 Å². The topological polar surface area (TPSA) is 40.4 Å². The Labute approximate surface area is 110 Å². The Bertz CT molecular complexity index is 282. The lowest BCUT2D eigenvalue weighted by molar-refractivity contribution is 0.103. The van der Waals surface area contributed by atoms with Gasteiger partial charge in [-0.05, 0) is 51.4 Å². The van der Waals surface area contributed by atoms with E-state index in [2.05, 4.69) is 18.5 Å². The van der Waals surface area contributed by atoms with Crippen LogP contribution in [0.3, 0.4) is 0 Å². The fourth-order valence-electron chi connectivity index (χ4n) is 2.19. The first-order chi connectivity index (χ1) is 8.72. The summed E-state index contributed by atoms with van der Waals surface area (Å²) in [5.41, 5.74) is -0.126. The number of carbonyl (C=O) groups excluding carboxylic acids is 1. The molecule has 0 N–H and O–H groups in total. The van der Waals surface area contributed by atoms with E-state index in [1.54, 1.807) is 0 Å². The first-order valence-electron chi connectivity index (χ1n) is 6.84. The van der Waals surface area contributed by atoms with E-state index in [0.29, 0.717) is 6.61 Å². The molecule has 0 unspecified atom stereocenters. The summed E-state index contributed by atoms with van der Waals surface area (Å²) >= 11 is 0. The van der Waals surface area contributed by atoms with Crippen molar-refractivity contribution in [1.29, 1.82) is 0 Å². The van der Waals surface area contributed by atoms with Crippen molar-refractivity contribution in [3.05, 3.63) is 25.3 Å². The van der Waals surface area contributed by atoms with Crippen molar-refractivity contribution in [2.45, 2.75) is 56.9 Å². The van der Waals surface area contributed by atoms with E-state index < -0.39 is 6.09 Å². The summed E-state index contributed by atoms with van der Waals surface area (Å²) in [5, 5.41) is 4.26. The van der Waals surface area contributed by atoms with Crippen LogP contribution in [0.5, 0.6) is 0 Å². The normalized spacial score (nSPS) is 16.4. The second-order valence-electron chi connectivity index (χ2n) is 4.92. The number of hydrogen-bond acceptors (Lipinski definition) is 2. The number of allylic oxidation sites excluding steroid dienone is 2. The van der Waals surface area contributed by atoms with Gasteiger partial charge in [0.1, 0.15) is 0 Å². The Hall–Kier alpha value is -1.25. The number of rotatable bonds is 9. The van der Waals surface area contributed by atoms with E-state index in [0.717, 1.165) is 44.9 Å². The minimum atomic E-state index is -0.391. The Kier molecular flexibility index (Phi) is 6.55. The van der Waals surface area contributed by atoms with Gasteiger partial charge in [-0.25, -0.2) is 10.1 Å². The molecule has 1 aliphatic rings. The molecule has 3 heteroatoms. The molecule has 0 saturated heterocycles. The van der Waals surface area contributed by atoms with E-state index in [1.165, 1.54) is 6.42 Å². The summed E-state index contributed by atoms with van der Waals surface area (Å²) in [6, 6.07) is 0. The Balaban J connectivity index is 2.22. The van der Waals surface area contributed by atoms with Crippen LogP contribution in [0.4, 0.5) is 4.79 Å². The fraction of sp³-hybridized carbons (Fsp3) is 0.667. The van der Waals surface area contributed by atoms with E-state index >= 15 is 0 Å². The molecule has 1 saturated carbocycles. The van der Waals surface area contributed by atoms with Crippen LogP contribution in [-0.2, 0) is 4.74 Å². The highest BCUT2D eigenvalue weighted by molar-refractivity contribution is 5.68. The summed E-state index contributed by atoms with van der Waals surface area (Å²) in [7, 11) is 0. The van der Waals surface area contributed by atoms with Gasteiger partial charge in [0.2, 0.25) is 0 Å². The van der Waals surface area contributed by atoms with Crippen LogP contribution in [-0.4, -0.2) is 18.2 Å². The molecule has 3 nitrogen and oxygen atoms in total. The van der Waals surface area contributed by atoms with Crippen molar-refractivity contribution < 1.29 is 9.53 Å². The molecule has 0 aliphatic heterocycles. The van der Waals surface area contributed by atoms with Gasteiger partial charge in [0.05, 0.1) is 12.1 Å². The summed E-state index contributed by atoms with van der Waals surface area (Å²) in [5.74, 6) is 0. The van der Waals surface area contributed by atoms with Gasteiger partial charge in [-0.3, -0.25) is 0 Å². The SMILES string of the molecule is C=CCCCOC(=O)[N]C1(CCCC=C)CCC1. The van der Waals surface area contributed by atoms with Gasteiger partial charge in [-0.1, -0.05) is 12.2 Å². The molecule has 101 valence electrons. The standard InChI is InChI=1S/C15H24NO2/c1-3-5-7-10-15(11-9-12-15)16-14(17)18-13-8-6-4-2/h3-4H,1-2,5-13H2. The third kappa shape index (κ3) is 4.94. The predicted octanol–water partition coefficient (Wildman–Crippen LogP) is 3.97. The van der Waals surface area contributed by atoms with Crippen LogP contribution in [0.25, 0.3) is 0 Å². The lowest BCUT2D eigenvalue weighted by atomic mass is 9.73. The fourth-order valence-corrected chi connectivity index (χ4v) is 2.19. The van der Waals surface area contributed by atoms with Crippen molar-refractivity contribution in [3.63, 3.8) is 0 Å². The highest BCUT2D eigenvalue weighted by Crippen LogP contribution is 2.37. The van der Waals surface area contributed by atoms with Crippen molar-refractivity contribution in [1.82, 2.24) is 5.32 Å². The largest absolute Gasteiger partial charge is 0.448 e. The van der Waals surface area contributed by atoms with Crippen LogP contribution >= 0.6 is 0 Å². The van der Waals surface area contributed by atoms with Crippen molar-refractivity contribution in [3.8, 4) is 0 Å². The Morgan fingerprint density at radius 3 is 2.44 bits per heavy atom. The quantitative estimate of drug-likeness (QED) is 0.459. The maximum absolute atomic E-state index is 11.6. The molecule has 1 fully saturated rings. The monoisotopic (exact) mass is 250 g/mol. The summed E-state index contributed by atoms with van der Waals surface area (Å²) in [6.07, 6.45) is 11.3. The molecule has 18 heavy (non-hydrogen) atoms.